The first-order chi connectivity index (χ1) is 11.8. The number of nitrogens with one attached hydrogen (secondary N) is 2. The SMILES string of the molecule is CCCNCCNC(=O)C1CCN(c2nc3ccccc3o2)CC1.Cl.Cl. The average Bonchev–Trinajstić information content (AvgIpc) is 3.05. The number of oxazole rings is 1. The van der Waals surface area contributed by atoms with Crippen LogP contribution in [0.5, 0.6) is 0 Å². The van der Waals surface area contributed by atoms with Crippen LogP contribution in [-0.2, 0) is 4.79 Å². The van der Waals surface area contributed by atoms with Crippen molar-refractivity contribution in [3.8, 4) is 0 Å². The monoisotopic (exact) mass is 402 g/mol. The number of amides is 1. The lowest BCUT2D eigenvalue weighted by molar-refractivity contribution is -0.125. The Hall–Kier alpha value is -1.50. The zero-order valence-electron chi connectivity index (χ0n) is 15.1. The van der Waals surface area contributed by atoms with E-state index in [0.29, 0.717) is 12.6 Å². The molecule has 1 amide bonds. The second-order valence-corrected chi connectivity index (χ2v) is 6.27. The molecule has 0 atom stereocenters. The molecule has 2 heterocycles. The maximum atomic E-state index is 12.2. The number of para-hydroxylation sites is 2. The third kappa shape index (κ3) is 5.76. The molecule has 0 aliphatic carbocycles. The maximum absolute atomic E-state index is 12.2. The van der Waals surface area contributed by atoms with Gasteiger partial charge in [0.05, 0.1) is 0 Å². The molecule has 6 nitrogen and oxygen atoms in total. The molecule has 3 rings (SSSR count). The molecule has 2 N–H and O–H groups in total. The second-order valence-electron chi connectivity index (χ2n) is 6.27. The molecule has 0 radical (unpaired) electrons. The Kier molecular flexibility index (Phi) is 9.76. The number of piperidine rings is 1. The molecule has 1 aliphatic heterocycles. The Morgan fingerprint density at radius 1 is 1.19 bits per heavy atom. The summed E-state index contributed by atoms with van der Waals surface area (Å²) >= 11 is 0. The third-order valence-corrected chi connectivity index (χ3v) is 4.45. The Morgan fingerprint density at radius 2 is 1.92 bits per heavy atom. The van der Waals surface area contributed by atoms with Crippen LogP contribution in [0.15, 0.2) is 28.7 Å². The minimum Gasteiger partial charge on any atom is -0.423 e. The molecule has 0 bridgehead atoms. The quantitative estimate of drug-likeness (QED) is 0.696. The highest BCUT2D eigenvalue weighted by molar-refractivity contribution is 5.85. The van der Waals surface area contributed by atoms with E-state index in [4.69, 9.17) is 4.42 Å². The molecule has 0 saturated carbocycles. The van der Waals surface area contributed by atoms with E-state index in [2.05, 4.69) is 27.4 Å². The maximum Gasteiger partial charge on any atom is 0.298 e. The van der Waals surface area contributed by atoms with Gasteiger partial charge in [-0.3, -0.25) is 4.79 Å². The van der Waals surface area contributed by atoms with E-state index in [1.54, 1.807) is 0 Å². The lowest BCUT2D eigenvalue weighted by atomic mass is 9.96. The number of aromatic nitrogens is 1. The van der Waals surface area contributed by atoms with Gasteiger partial charge in [0.2, 0.25) is 5.91 Å². The van der Waals surface area contributed by atoms with Gasteiger partial charge in [0.1, 0.15) is 5.52 Å². The number of benzene rings is 1. The number of nitrogens with zero attached hydrogens (tertiary/aromatic N) is 2. The number of hydrogen-bond acceptors (Lipinski definition) is 5. The van der Waals surface area contributed by atoms with Crippen LogP contribution in [0.25, 0.3) is 11.1 Å². The molecule has 1 saturated heterocycles. The zero-order chi connectivity index (χ0) is 16.8. The summed E-state index contributed by atoms with van der Waals surface area (Å²) in [6.07, 6.45) is 2.79. The van der Waals surface area contributed by atoms with Gasteiger partial charge in [0.15, 0.2) is 5.58 Å². The minimum absolute atomic E-state index is 0. The molecule has 0 spiro atoms. The zero-order valence-corrected chi connectivity index (χ0v) is 16.7. The molecule has 1 aromatic carbocycles. The highest BCUT2D eigenvalue weighted by Gasteiger charge is 2.26. The van der Waals surface area contributed by atoms with Gasteiger partial charge in [0, 0.05) is 32.1 Å². The van der Waals surface area contributed by atoms with Crippen molar-refractivity contribution >= 4 is 47.8 Å². The molecule has 2 aromatic rings. The third-order valence-electron chi connectivity index (χ3n) is 4.45. The summed E-state index contributed by atoms with van der Waals surface area (Å²) in [5, 5.41) is 6.32. The summed E-state index contributed by atoms with van der Waals surface area (Å²) in [6, 6.07) is 8.45. The van der Waals surface area contributed by atoms with E-state index >= 15 is 0 Å². The highest BCUT2D eigenvalue weighted by atomic mass is 35.5. The molecule has 26 heavy (non-hydrogen) atoms. The number of halogens is 2. The molecule has 8 heteroatoms. The fourth-order valence-corrected chi connectivity index (χ4v) is 3.05. The molecule has 146 valence electrons. The van der Waals surface area contributed by atoms with Crippen molar-refractivity contribution in [1.82, 2.24) is 15.6 Å². The van der Waals surface area contributed by atoms with Gasteiger partial charge in [0.25, 0.3) is 6.01 Å². The van der Waals surface area contributed by atoms with Gasteiger partial charge in [-0.25, -0.2) is 0 Å². The van der Waals surface area contributed by atoms with Gasteiger partial charge in [-0.05, 0) is 37.9 Å². The minimum atomic E-state index is 0. The summed E-state index contributed by atoms with van der Waals surface area (Å²) in [7, 11) is 0. The number of hydrogen-bond donors (Lipinski definition) is 2. The molecule has 1 fully saturated rings. The van der Waals surface area contributed by atoms with E-state index in [-0.39, 0.29) is 36.6 Å². The normalized spacial score (nSPS) is 14.6. The molecular formula is C18H28Cl2N4O2. The van der Waals surface area contributed by atoms with Crippen LogP contribution >= 0.6 is 24.8 Å². The van der Waals surface area contributed by atoms with E-state index in [0.717, 1.165) is 56.5 Å². The van der Waals surface area contributed by atoms with Crippen LogP contribution in [0.4, 0.5) is 6.01 Å². The Balaban J connectivity index is 0.00000169. The van der Waals surface area contributed by atoms with Crippen molar-refractivity contribution in [2.45, 2.75) is 26.2 Å². The Labute approximate surface area is 166 Å². The van der Waals surface area contributed by atoms with Gasteiger partial charge < -0.3 is 20.0 Å². The Bertz CT molecular complexity index is 639. The van der Waals surface area contributed by atoms with E-state index in [1.165, 1.54) is 0 Å². The van der Waals surface area contributed by atoms with E-state index in [9.17, 15) is 4.79 Å². The van der Waals surface area contributed by atoms with Crippen molar-refractivity contribution in [3.05, 3.63) is 24.3 Å². The number of anilines is 1. The Morgan fingerprint density at radius 3 is 2.62 bits per heavy atom. The summed E-state index contributed by atoms with van der Waals surface area (Å²) in [6.45, 7) is 6.28. The smallest absolute Gasteiger partial charge is 0.298 e. The van der Waals surface area contributed by atoms with Crippen LogP contribution in [0.2, 0.25) is 0 Å². The number of fused-ring (bicyclic) bond motifs is 1. The van der Waals surface area contributed by atoms with Crippen molar-refractivity contribution in [2.75, 3.05) is 37.6 Å². The number of carbonyl (C=O) groups is 1. The van der Waals surface area contributed by atoms with Crippen molar-refractivity contribution in [1.29, 1.82) is 0 Å². The summed E-state index contributed by atoms with van der Waals surface area (Å²) in [4.78, 5) is 18.9. The van der Waals surface area contributed by atoms with Gasteiger partial charge in [-0.1, -0.05) is 19.1 Å². The molecule has 1 aliphatic rings. The van der Waals surface area contributed by atoms with Gasteiger partial charge >= 0.3 is 0 Å². The van der Waals surface area contributed by atoms with Gasteiger partial charge in [-0.2, -0.15) is 4.98 Å². The fourth-order valence-electron chi connectivity index (χ4n) is 3.05. The van der Waals surface area contributed by atoms with Crippen LogP contribution < -0.4 is 15.5 Å². The summed E-state index contributed by atoms with van der Waals surface area (Å²) < 4.78 is 5.81. The first-order valence-corrected chi connectivity index (χ1v) is 8.87. The predicted molar refractivity (Wildman–Crippen MR) is 110 cm³/mol. The predicted octanol–water partition coefficient (Wildman–Crippen LogP) is 3.00. The number of rotatable bonds is 7. The first-order valence-electron chi connectivity index (χ1n) is 8.87. The van der Waals surface area contributed by atoms with Crippen molar-refractivity contribution < 1.29 is 9.21 Å². The standard InChI is InChI=1S/C18H26N4O2.2ClH/c1-2-9-19-10-11-20-17(23)14-7-12-22(13-8-14)18-21-15-5-3-4-6-16(15)24-18;;/h3-6,14,19H,2,7-13H2,1H3,(H,20,23);2*1H. The van der Waals surface area contributed by atoms with Gasteiger partial charge in [-0.15, -0.1) is 24.8 Å². The average molecular weight is 403 g/mol. The largest absolute Gasteiger partial charge is 0.423 e. The topological polar surface area (TPSA) is 70.4 Å². The summed E-state index contributed by atoms with van der Waals surface area (Å²) in [5.74, 6) is 0.266. The highest BCUT2D eigenvalue weighted by Crippen LogP contribution is 2.26. The molecular weight excluding hydrogens is 375 g/mol. The molecule has 0 unspecified atom stereocenters. The van der Waals surface area contributed by atoms with Crippen LogP contribution in [-0.4, -0.2) is 43.6 Å². The lowest BCUT2D eigenvalue weighted by Crippen LogP contribution is -2.42. The van der Waals surface area contributed by atoms with Crippen LogP contribution in [0.1, 0.15) is 26.2 Å². The van der Waals surface area contributed by atoms with Crippen molar-refractivity contribution in [3.63, 3.8) is 0 Å². The van der Waals surface area contributed by atoms with E-state index < -0.39 is 0 Å². The summed E-state index contributed by atoms with van der Waals surface area (Å²) in [5.41, 5.74) is 1.69. The lowest BCUT2D eigenvalue weighted by Gasteiger charge is -2.30. The van der Waals surface area contributed by atoms with Crippen LogP contribution in [0.3, 0.4) is 0 Å². The fraction of sp³-hybridized carbons (Fsp3) is 0.556. The first kappa shape index (κ1) is 22.5. The van der Waals surface area contributed by atoms with Crippen LogP contribution in [0, 0.1) is 5.92 Å². The van der Waals surface area contributed by atoms with Crippen molar-refractivity contribution in [2.24, 2.45) is 5.92 Å². The molecule has 1 aromatic heterocycles. The van der Waals surface area contributed by atoms with E-state index in [1.807, 2.05) is 24.3 Å². The number of carbonyl (C=O) groups excluding carboxylic acids is 1. The second kappa shape index (κ2) is 11.3.